The zero-order valence-corrected chi connectivity index (χ0v) is 20.0. The van der Waals surface area contributed by atoms with Crippen LogP contribution in [0.2, 0.25) is 0 Å². The Bertz CT molecular complexity index is 869. The third-order valence-corrected chi connectivity index (χ3v) is 7.26. The standard InChI is InChI=1S/C28H39N3O/c1-21-14-17-30(18-15-21)20-24-6-8-26(9-7-24)28(32)29-23(3)25-10-12-27(13-11-25)31-16-4-5-22(2)19-31/h6-13,21-23H,4-5,14-20H2,1-3H3,(H,29,32)/t22-,23+/m1/s1. The van der Waals surface area contributed by atoms with Crippen molar-refractivity contribution in [2.45, 2.75) is 59.0 Å². The first-order valence-electron chi connectivity index (χ1n) is 12.4. The molecule has 0 radical (unpaired) electrons. The van der Waals surface area contributed by atoms with Gasteiger partial charge in [0, 0.05) is 30.9 Å². The van der Waals surface area contributed by atoms with Gasteiger partial charge in [-0.15, -0.1) is 0 Å². The molecule has 4 heteroatoms. The summed E-state index contributed by atoms with van der Waals surface area (Å²) in [6.07, 6.45) is 5.18. The van der Waals surface area contributed by atoms with Crippen LogP contribution in [0.1, 0.15) is 74.0 Å². The minimum Gasteiger partial charge on any atom is -0.371 e. The van der Waals surface area contributed by atoms with Crippen molar-refractivity contribution in [2.75, 3.05) is 31.1 Å². The number of nitrogens with one attached hydrogen (secondary N) is 1. The van der Waals surface area contributed by atoms with Gasteiger partial charge in [-0.3, -0.25) is 9.69 Å². The molecule has 0 bridgehead atoms. The Morgan fingerprint density at radius 3 is 2.28 bits per heavy atom. The lowest BCUT2D eigenvalue weighted by Crippen LogP contribution is -2.34. The average molecular weight is 434 g/mol. The summed E-state index contributed by atoms with van der Waals surface area (Å²) in [5.74, 6) is 1.60. The first-order valence-corrected chi connectivity index (χ1v) is 12.4. The van der Waals surface area contributed by atoms with E-state index >= 15 is 0 Å². The van der Waals surface area contributed by atoms with Gasteiger partial charge < -0.3 is 10.2 Å². The zero-order chi connectivity index (χ0) is 22.5. The van der Waals surface area contributed by atoms with Crippen molar-refractivity contribution in [3.05, 3.63) is 65.2 Å². The van der Waals surface area contributed by atoms with E-state index in [0.29, 0.717) is 0 Å². The highest BCUT2D eigenvalue weighted by molar-refractivity contribution is 5.94. The summed E-state index contributed by atoms with van der Waals surface area (Å²) in [5, 5.41) is 3.16. The minimum atomic E-state index is -0.0214. The zero-order valence-electron chi connectivity index (χ0n) is 20.0. The molecule has 2 heterocycles. The molecular formula is C28H39N3O. The fourth-order valence-corrected chi connectivity index (χ4v) is 5.00. The molecule has 1 N–H and O–H groups in total. The summed E-state index contributed by atoms with van der Waals surface area (Å²) in [6, 6.07) is 16.8. The predicted molar refractivity (Wildman–Crippen MR) is 133 cm³/mol. The first-order chi connectivity index (χ1) is 15.5. The third-order valence-electron chi connectivity index (χ3n) is 7.26. The van der Waals surface area contributed by atoms with Gasteiger partial charge in [0.2, 0.25) is 0 Å². The number of benzene rings is 2. The van der Waals surface area contributed by atoms with Gasteiger partial charge in [-0.05, 0) is 92.9 Å². The van der Waals surface area contributed by atoms with Crippen LogP contribution in [0.3, 0.4) is 0 Å². The Balaban J connectivity index is 1.30. The van der Waals surface area contributed by atoms with Gasteiger partial charge in [0.1, 0.15) is 0 Å². The van der Waals surface area contributed by atoms with Crippen LogP contribution >= 0.6 is 0 Å². The van der Waals surface area contributed by atoms with E-state index in [4.69, 9.17) is 0 Å². The number of hydrogen-bond acceptors (Lipinski definition) is 3. The maximum atomic E-state index is 12.8. The lowest BCUT2D eigenvalue weighted by atomic mass is 9.98. The van der Waals surface area contributed by atoms with Crippen molar-refractivity contribution in [1.29, 1.82) is 0 Å². The minimum absolute atomic E-state index is 0.00946. The molecule has 0 aliphatic carbocycles. The lowest BCUT2D eigenvalue weighted by molar-refractivity contribution is 0.0940. The van der Waals surface area contributed by atoms with Crippen LogP contribution in [-0.2, 0) is 6.54 Å². The second-order valence-corrected chi connectivity index (χ2v) is 10.1. The molecule has 0 aromatic heterocycles. The predicted octanol–water partition coefficient (Wildman–Crippen LogP) is 5.65. The fraction of sp³-hybridized carbons (Fsp3) is 0.536. The van der Waals surface area contributed by atoms with E-state index in [9.17, 15) is 4.79 Å². The summed E-state index contributed by atoms with van der Waals surface area (Å²) in [6.45, 7) is 12.3. The van der Waals surface area contributed by atoms with Crippen molar-refractivity contribution in [3.8, 4) is 0 Å². The number of hydrogen-bond donors (Lipinski definition) is 1. The molecule has 0 spiro atoms. The molecule has 2 aliphatic rings. The molecule has 172 valence electrons. The molecular weight excluding hydrogens is 394 g/mol. The second-order valence-electron chi connectivity index (χ2n) is 10.1. The summed E-state index contributed by atoms with van der Waals surface area (Å²) in [4.78, 5) is 17.8. The van der Waals surface area contributed by atoms with Crippen LogP contribution in [-0.4, -0.2) is 37.0 Å². The van der Waals surface area contributed by atoms with Crippen LogP contribution < -0.4 is 10.2 Å². The number of piperidine rings is 2. The Hall–Kier alpha value is -2.33. The summed E-state index contributed by atoms with van der Waals surface area (Å²) in [5.41, 5.74) is 4.44. The third kappa shape index (κ3) is 5.92. The quantitative estimate of drug-likeness (QED) is 0.640. The van der Waals surface area contributed by atoms with E-state index in [1.807, 2.05) is 12.1 Å². The molecule has 2 fully saturated rings. The molecule has 4 rings (SSSR count). The molecule has 0 unspecified atom stereocenters. The topological polar surface area (TPSA) is 35.6 Å². The van der Waals surface area contributed by atoms with Gasteiger partial charge in [-0.1, -0.05) is 38.1 Å². The van der Waals surface area contributed by atoms with Crippen molar-refractivity contribution in [2.24, 2.45) is 11.8 Å². The molecule has 2 saturated heterocycles. The highest BCUT2D eigenvalue weighted by Crippen LogP contribution is 2.25. The Morgan fingerprint density at radius 2 is 1.62 bits per heavy atom. The Labute approximate surface area is 194 Å². The van der Waals surface area contributed by atoms with Crippen LogP contribution in [0.5, 0.6) is 0 Å². The van der Waals surface area contributed by atoms with Crippen molar-refractivity contribution >= 4 is 11.6 Å². The SMILES string of the molecule is CC1CCN(Cc2ccc(C(=O)N[C@@H](C)c3ccc(N4CCC[C@@H](C)C4)cc3)cc2)CC1. The van der Waals surface area contributed by atoms with Crippen LogP contribution in [0.4, 0.5) is 5.69 Å². The normalized spacial score (nSPS) is 21.3. The van der Waals surface area contributed by atoms with Crippen molar-refractivity contribution < 1.29 is 4.79 Å². The van der Waals surface area contributed by atoms with E-state index in [-0.39, 0.29) is 11.9 Å². The molecule has 32 heavy (non-hydrogen) atoms. The van der Waals surface area contributed by atoms with Gasteiger partial charge in [0.25, 0.3) is 5.91 Å². The number of carbonyl (C=O) groups excluding carboxylic acids is 1. The van der Waals surface area contributed by atoms with Gasteiger partial charge in [0.05, 0.1) is 6.04 Å². The lowest BCUT2D eigenvalue weighted by Gasteiger charge is -2.33. The van der Waals surface area contributed by atoms with E-state index in [2.05, 4.69) is 72.3 Å². The second kappa shape index (κ2) is 10.5. The first kappa shape index (κ1) is 22.8. The van der Waals surface area contributed by atoms with Crippen LogP contribution in [0.25, 0.3) is 0 Å². The van der Waals surface area contributed by atoms with Gasteiger partial charge in [-0.25, -0.2) is 0 Å². The maximum Gasteiger partial charge on any atom is 0.251 e. The number of rotatable bonds is 6. The molecule has 2 aliphatic heterocycles. The highest BCUT2D eigenvalue weighted by Gasteiger charge is 2.18. The monoisotopic (exact) mass is 433 g/mol. The fourth-order valence-electron chi connectivity index (χ4n) is 5.00. The van der Waals surface area contributed by atoms with E-state index in [0.717, 1.165) is 42.6 Å². The molecule has 1 amide bonds. The molecule has 2 aromatic rings. The number of likely N-dealkylation sites (tertiary alicyclic amines) is 1. The summed E-state index contributed by atoms with van der Waals surface area (Å²) >= 11 is 0. The number of nitrogens with zero attached hydrogens (tertiary/aromatic N) is 2. The molecule has 2 aromatic carbocycles. The van der Waals surface area contributed by atoms with Crippen molar-refractivity contribution in [3.63, 3.8) is 0 Å². The van der Waals surface area contributed by atoms with Crippen LogP contribution in [0, 0.1) is 11.8 Å². The largest absolute Gasteiger partial charge is 0.371 e. The van der Waals surface area contributed by atoms with Gasteiger partial charge in [0.15, 0.2) is 0 Å². The number of amides is 1. The van der Waals surface area contributed by atoms with Gasteiger partial charge >= 0.3 is 0 Å². The van der Waals surface area contributed by atoms with E-state index in [1.54, 1.807) is 0 Å². The number of anilines is 1. The number of carbonyl (C=O) groups is 1. The smallest absolute Gasteiger partial charge is 0.251 e. The Morgan fingerprint density at radius 1 is 0.938 bits per heavy atom. The average Bonchev–Trinajstić information content (AvgIpc) is 2.81. The molecule has 0 saturated carbocycles. The summed E-state index contributed by atoms with van der Waals surface area (Å²) in [7, 11) is 0. The molecule has 2 atom stereocenters. The van der Waals surface area contributed by atoms with Crippen LogP contribution in [0.15, 0.2) is 48.5 Å². The Kier molecular flexibility index (Phi) is 7.51. The maximum absolute atomic E-state index is 12.8. The van der Waals surface area contributed by atoms with Gasteiger partial charge in [-0.2, -0.15) is 0 Å². The summed E-state index contributed by atoms with van der Waals surface area (Å²) < 4.78 is 0. The van der Waals surface area contributed by atoms with E-state index in [1.165, 1.54) is 50.0 Å². The molecule has 4 nitrogen and oxygen atoms in total. The van der Waals surface area contributed by atoms with Crippen molar-refractivity contribution in [1.82, 2.24) is 10.2 Å². The van der Waals surface area contributed by atoms with E-state index < -0.39 is 0 Å². The highest BCUT2D eigenvalue weighted by atomic mass is 16.1.